The van der Waals surface area contributed by atoms with E-state index in [4.69, 9.17) is 18.0 Å². The topological polar surface area (TPSA) is 66.6 Å². The van der Waals surface area contributed by atoms with Gasteiger partial charge in [-0.1, -0.05) is 42.5 Å². The zero-order valence-electron chi connectivity index (χ0n) is 11.5. The summed E-state index contributed by atoms with van der Waals surface area (Å²) in [4.78, 5) is 14.0. The van der Waals surface area contributed by atoms with Gasteiger partial charge in [0.1, 0.15) is 5.92 Å². The largest absolute Gasteiger partial charge is 0.392 e. The molecule has 0 aliphatic rings. The second kappa shape index (κ2) is 6.12. The second-order valence-electron chi connectivity index (χ2n) is 5.25. The van der Waals surface area contributed by atoms with Crippen molar-refractivity contribution in [3.05, 3.63) is 35.9 Å². The molecule has 4 nitrogen and oxygen atoms in total. The number of rotatable bonds is 5. The number of carbonyl (C=O) groups is 1. The number of carbonyl (C=O) groups excluding carboxylic acids is 1. The number of hydrogen-bond donors (Lipinski definition) is 2. The molecule has 5 heteroatoms. The highest BCUT2D eigenvalue weighted by Crippen LogP contribution is 2.19. The first kappa shape index (κ1) is 15.6. The zero-order valence-corrected chi connectivity index (χ0v) is 12.3. The van der Waals surface area contributed by atoms with E-state index in [-0.39, 0.29) is 17.4 Å². The Hall–Kier alpha value is -1.46. The predicted molar refractivity (Wildman–Crippen MR) is 79.9 cm³/mol. The molecule has 0 fully saturated rings. The van der Waals surface area contributed by atoms with E-state index in [0.717, 1.165) is 5.56 Å². The molecule has 19 heavy (non-hydrogen) atoms. The van der Waals surface area contributed by atoms with Crippen molar-refractivity contribution in [2.24, 2.45) is 5.73 Å². The summed E-state index contributed by atoms with van der Waals surface area (Å²) in [5.41, 5.74) is 5.50. The standard InChI is InChI=1S/C14H20N2O2S/c1-14(2,18)9-16(3)13(17)11(12(15)19)10-7-5-4-6-8-10/h4-8,11,18H,9H2,1-3H3,(H2,15,19). The Bertz CT molecular complexity index is 454. The number of nitrogens with zero attached hydrogens (tertiary/aromatic N) is 1. The lowest BCUT2D eigenvalue weighted by Gasteiger charge is -2.28. The number of amides is 1. The highest BCUT2D eigenvalue weighted by atomic mass is 32.1. The van der Waals surface area contributed by atoms with Crippen molar-refractivity contribution in [2.45, 2.75) is 25.4 Å². The molecule has 0 saturated heterocycles. The van der Waals surface area contributed by atoms with Crippen LogP contribution in [0.15, 0.2) is 30.3 Å². The van der Waals surface area contributed by atoms with E-state index < -0.39 is 11.5 Å². The maximum Gasteiger partial charge on any atom is 0.236 e. The van der Waals surface area contributed by atoms with Crippen LogP contribution in [-0.4, -0.2) is 40.1 Å². The Labute approximate surface area is 119 Å². The minimum Gasteiger partial charge on any atom is -0.392 e. The fraction of sp³-hybridized carbons (Fsp3) is 0.429. The molecule has 0 saturated carbocycles. The Morgan fingerprint density at radius 2 is 1.95 bits per heavy atom. The first-order valence-corrected chi connectivity index (χ1v) is 6.45. The van der Waals surface area contributed by atoms with Gasteiger partial charge in [-0.15, -0.1) is 0 Å². The van der Waals surface area contributed by atoms with Gasteiger partial charge in [0.05, 0.1) is 10.6 Å². The third kappa shape index (κ3) is 4.61. The van der Waals surface area contributed by atoms with Crippen molar-refractivity contribution in [3.8, 4) is 0 Å². The van der Waals surface area contributed by atoms with E-state index in [1.165, 1.54) is 4.90 Å². The Morgan fingerprint density at radius 3 is 2.37 bits per heavy atom. The summed E-state index contributed by atoms with van der Waals surface area (Å²) in [6.45, 7) is 3.52. The normalized spacial score (nSPS) is 12.8. The fourth-order valence-electron chi connectivity index (χ4n) is 1.95. The molecule has 0 aliphatic heterocycles. The average Bonchev–Trinajstić information content (AvgIpc) is 2.27. The van der Waals surface area contributed by atoms with Gasteiger partial charge in [-0.25, -0.2) is 0 Å². The molecule has 1 unspecified atom stereocenters. The maximum atomic E-state index is 12.4. The van der Waals surface area contributed by atoms with Gasteiger partial charge < -0.3 is 15.7 Å². The molecular formula is C14H20N2O2S. The molecule has 1 aromatic rings. The monoisotopic (exact) mass is 280 g/mol. The molecule has 1 rings (SSSR count). The SMILES string of the molecule is CN(CC(C)(C)O)C(=O)C(C(N)=S)c1ccccc1. The fourth-order valence-corrected chi connectivity index (χ4v) is 2.19. The predicted octanol–water partition coefficient (Wildman–Crippen LogP) is 1.29. The number of aliphatic hydroxyl groups is 1. The van der Waals surface area contributed by atoms with Crippen LogP contribution >= 0.6 is 12.2 Å². The van der Waals surface area contributed by atoms with Crippen LogP contribution < -0.4 is 5.73 Å². The molecule has 0 aromatic heterocycles. The lowest BCUT2D eigenvalue weighted by Crippen LogP contribution is -2.44. The van der Waals surface area contributed by atoms with Gasteiger partial charge in [0.15, 0.2) is 0 Å². The summed E-state index contributed by atoms with van der Waals surface area (Å²) < 4.78 is 0. The Morgan fingerprint density at radius 1 is 1.42 bits per heavy atom. The molecule has 0 aliphatic carbocycles. The van der Waals surface area contributed by atoms with E-state index in [0.29, 0.717) is 0 Å². The Balaban J connectivity index is 2.95. The van der Waals surface area contributed by atoms with E-state index in [9.17, 15) is 9.90 Å². The van der Waals surface area contributed by atoms with Gasteiger partial charge in [0.25, 0.3) is 0 Å². The number of likely N-dealkylation sites (N-methyl/N-ethyl adjacent to an activating group) is 1. The Kier molecular flexibility index (Phi) is 5.03. The average molecular weight is 280 g/mol. The molecule has 0 heterocycles. The van der Waals surface area contributed by atoms with Crippen LogP contribution in [0.5, 0.6) is 0 Å². The van der Waals surface area contributed by atoms with E-state index in [1.807, 2.05) is 30.3 Å². The summed E-state index contributed by atoms with van der Waals surface area (Å²) in [6, 6.07) is 9.18. The van der Waals surface area contributed by atoms with Crippen LogP contribution in [0.2, 0.25) is 0 Å². The van der Waals surface area contributed by atoms with Crippen molar-refractivity contribution in [1.82, 2.24) is 4.90 Å². The van der Waals surface area contributed by atoms with Crippen LogP contribution in [0.4, 0.5) is 0 Å². The van der Waals surface area contributed by atoms with Crippen molar-refractivity contribution in [2.75, 3.05) is 13.6 Å². The van der Waals surface area contributed by atoms with Gasteiger partial charge in [0, 0.05) is 13.6 Å². The van der Waals surface area contributed by atoms with Crippen LogP contribution in [0.3, 0.4) is 0 Å². The molecule has 3 N–H and O–H groups in total. The van der Waals surface area contributed by atoms with Crippen LogP contribution in [-0.2, 0) is 4.79 Å². The second-order valence-corrected chi connectivity index (χ2v) is 5.72. The molecule has 0 spiro atoms. The first-order chi connectivity index (χ1) is 8.72. The quantitative estimate of drug-likeness (QED) is 0.798. The molecule has 0 bridgehead atoms. The molecule has 104 valence electrons. The van der Waals surface area contributed by atoms with Crippen LogP contribution in [0.25, 0.3) is 0 Å². The molecule has 1 aromatic carbocycles. The zero-order chi connectivity index (χ0) is 14.6. The van der Waals surface area contributed by atoms with Crippen LogP contribution in [0.1, 0.15) is 25.3 Å². The smallest absolute Gasteiger partial charge is 0.236 e. The van der Waals surface area contributed by atoms with Gasteiger partial charge in [-0.05, 0) is 19.4 Å². The van der Waals surface area contributed by atoms with Gasteiger partial charge >= 0.3 is 0 Å². The third-order valence-electron chi connectivity index (χ3n) is 2.66. The van der Waals surface area contributed by atoms with E-state index in [2.05, 4.69) is 0 Å². The van der Waals surface area contributed by atoms with E-state index in [1.54, 1.807) is 20.9 Å². The van der Waals surface area contributed by atoms with E-state index >= 15 is 0 Å². The lowest BCUT2D eigenvalue weighted by molar-refractivity contribution is -0.132. The molecule has 1 atom stereocenters. The third-order valence-corrected chi connectivity index (χ3v) is 2.90. The lowest BCUT2D eigenvalue weighted by atomic mass is 9.97. The summed E-state index contributed by atoms with van der Waals surface area (Å²) in [7, 11) is 1.63. The summed E-state index contributed by atoms with van der Waals surface area (Å²) in [5, 5.41) is 9.77. The van der Waals surface area contributed by atoms with Crippen molar-refractivity contribution in [1.29, 1.82) is 0 Å². The summed E-state index contributed by atoms with van der Waals surface area (Å²) >= 11 is 5.00. The van der Waals surface area contributed by atoms with Crippen molar-refractivity contribution in [3.63, 3.8) is 0 Å². The molecule has 0 radical (unpaired) electrons. The summed E-state index contributed by atoms with van der Waals surface area (Å²) in [5.74, 6) is -0.857. The maximum absolute atomic E-state index is 12.4. The van der Waals surface area contributed by atoms with Gasteiger partial charge in [0.2, 0.25) is 5.91 Å². The van der Waals surface area contributed by atoms with Gasteiger partial charge in [-0.2, -0.15) is 0 Å². The number of nitrogens with two attached hydrogens (primary N) is 1. The van der Waals surface area contributed by atoms with Crippen molar-refractivity contribution < 1.29 is 9.90 Å². The molecular weight excluding hydrogens is 260 g/mol. The van der Waals surface area contributed by atoms with Crippen molar-refractivity contribution >= 4 is 23.1 Å². The summed E-state index contributed by atoms with van der Waals surface area (Å²) in [6.07, 6.45) is 0. The molecule has 1 amide bonds. The number of benzene rings is 1. The highest BCUT2D eigenvalue weighted by Gasteiger charge is 2.28. The minimum atomic E-state index is -0.956. The minimum absolute atomic E-state index is 0.138. The number of thiocarbonyl (C=S) groups is 1. The highest BCUT2D eigenvalue weighted by molar-refractivity contribution is 7.80. The van der Waals surface area contributed by atoms with Gasteiger partial charge in [-0.3, -0.25) is 4.79 Å². The number of hydrogen-bond acceptors (Lipinski definition) is 3. The van der Waals surface area contributed by atoms with Crippen LogP contribution in [0, 0.1) is 0 Å². The first-order valence-electron chi connectivity index (χ1n) is 6.04.